The number of aliphatic hydroxyl groups excluding tert-OH is 1. The molecule has 1 nitrogen and oxygen atoms in total. The number of hydrogen-bond acceptors (Lipinski definition) is 1. The molecule has 0 saturated heterocycles. The molecule has 0 heterocycles. The molecule has 0 aliphatic carbocycles. The van der Waals surface area contributed by atoms with E-state index in [2.05, 4.69) is 15.9 Å². The van der Waals surface area contributed by atoms with E-state index in [1.807, 2.05) is 0 Å². The lowest BCUT2D eigenvalue weighted by Gasteiger charge is -2.14. The molecule has 0 aliphatic heterocycles. The molecule has 0 radical (unpaired) electrons. The maximum absolute atomic E-state index is 13.6. The minimum absolute atomic E-state index is 0.201. The van der Waals surface area contributed by atoms with Crippen molar-refractivity contribution in [3.05, 3.63) is 68.9 Å². The highest BCUT2D eigenvalue weighted by Crippen LogP contribution is 2.30. The number of hydrogen-bond donors (Lipinski definition) is 1. The van der Waals surface area contributed by atoms with Crippen LogP contribution in [0.3, 0.4) is 0 Å². The van der Waals surface area contributed by atoms with Crippen LogP contribution in [0.2, 0.25) is 5.02 Å². The SMILES string of the molecule is OC(c1cc(Br)ccc1F)c1ccccc1Cl. The van der Waals surface area contributed by atoms with Crippen LogP contribution in [0, 0.1) is 5.82 Å². The van der Waals surface area contributed by atoms with Gasteiger partial charge in [0.1, 0.15) is 11.9 Å². The average Bonchev–Trinajstić information content (AvgIpc) is 2.32. The monoisotopic (exact) mass is 314 g/mol. The normalized spacial score (nSPS) is 12.5. The molecule has 1 atom stereocenters. The van der Waals surface area contributed by atoms with Gasteiger partial charge in [0.2, 0.25) is 0 Å². The minimum atomic E-state index is -1.07. The van der Waals surface area contributed by atoms with Crippen LogP contribution in [-0.4, -0.2) is 5.11 Å². The summed E-state index contributed by atoms with van der Waals surface area (Å²) >= 11 is 9.21. The van der Waals surface area contributed by atoms with Gasteiger partial charge in [0, 0.05) is 20.6 Å². The van der Waals surface area contributed by atoms with Crippen LogP contribution in [0.4, 0.5) is 4.39 Å². The van der Waals surface area contributed by atoms with Crippen molar-refractivity contribution >= 4 is 27.5 Å². The van der Waals surface area contributed by atoms with E-state index in [9.17, 15) is 9.50 Å². The van der Waals surface area contributed by atoms with E-state index in [0.717, 1.165) is 0 Å². The fourth-order valence-corrected chi connectivity index (χ4v) is 2.21. The Labute approximate surface area is 112 Å². The highest BCUT2D eigenvalue weighted by molar-refractivity contribution is 9.10. The summed E-state index contributed by atoms with van der Waals surface area (Å²) in [6, 6.07) is 11.3. The first-order valence-corrected chi connectivity index (χ1v) is 6.14. The number of halogens is 3. The Balaban J connectivity index is 2.47. The van der Waals surface area contributed by atoms with Crippen molar-refractivity contribution in [2.24, 2.45) is 0 Å². The third kappa shape index (κ3) is 2.68. The Morgan fingerprint density at radius 3 is 2.53 bits per heavy atom. The molecule has 17 heavy (non-hydrogen) atoms. The van der Waals surface area contributed by atoms with Crippen LogP contribution >= 0.6 is 27.5 Å². The first-order valence-electron chi connectivity index (χ1n) is 4.97. The lowest BCUT2D eigenvalue weighted by Crippen LogP contribution is -2.03. The highest BCUT2D eigenvalue weighted by atomic mass is 79.9. The van der Waals surface area contributed by atoms with Crippen molar-refractivity contribution in [1.29, 1.82) is 0 Å². The maximum Gasteiger partial charge on any atom is 0.129 e. The van der Waals surface area contributed by atoms with Gasteiger partial charge in [-0.25, -0.2) is 4.39 Å². The van der Waals surface area contributed by atoms with E-state index in [4.69, 9.17) is 11.6 Å². The van der Waals surface area contributed by atoms with E-state index >= 15 is 0 Å². The Morgan fingerprint density at radius 1 is 1.12 bits per heavy atom. The van der Waals surface area contributed by atoms with Crippen LogP contribution in [0.25, 0.3) is 0 Å². The second kappa shape index (κ2) is 5.17. The predicted molar refractivity (Wildman–Crippen MR) is 69.6 cm³/mol. The molecule has 2 rings (SSSR count). The van der Waals surface area contributed by atoms with Crippen LogP contribution in [0.1, 0.15) is 17.2 Å². The molecular weight excluding hydrogens is 306 g/mol. The highest BCUT2D eigenvalue weighted by Gasteiger charge is 2.17. The van der Waals surface area contributed by atoms with E-state index < -0.39 is 11.9 Å². The van der Waals surface area contributed by atoms with Crippen LogP contribution in [-0.2, 0) is 0 Å². The molecule has 88 valence electrons. The first-order chi connectivity index (χ1) is 8.09. The second-order valence-corrected chi connectivity index (χ2v) is 4.91. The van der Waals surface area contributed by atoms with Gasteiger partial charge in [0.15, 0.2) is 0 Å². The summed E-state index contributed by atoms with van der Waals surface area (Å²) in [6.45, 7) is 0. The molecule has 0 amide bonds. The maximum atomic E-state index is 13.6. The lowest BCUT2D eigenvalue weighted by molar-refractivity contribution is 0.215. The minimum Gasteiger partial charge on any atom is -0.383 e. The molecule has 0 fully saturated rings. The lowest BCUT2D eigenvalue weighted by atomic mass is 10.0. The molecular formula is C13H9BrClFO. The Morgan fingerprint density at radius 2 is 1.82 bits per heavy atom. The second-order valence-electron chi connectivity index (χ2n) is 3.59. The molecule has 0 aromatic heterocycles. The predicted octanol–water partition coefficient (Wildman–Crippen LogP) is 4.32. The third-order valence-corrected chi connectivity index (χ3v) is 3.29. The molecule has 1 N–H and O–H groups in total. The van der Waals surface area contributed by atoms with E-state index in [-0.39, 0.29) is 5.56 Å². The van der Waals surface area contributed by atoms with Crippen molar-refractivity contribution in [2.75, 3.05) is 0 Å². The van der Waals surface area contributed by atoms with Crippen molar-refractivity contribution in [3.8, 4) is 0 Å². The van der Waals surface area contributed by atoms with Gasteiger partial charge < -0.3 is 5.11 Å². The van der Waals surface area contributed by atoms with Gasteiger partial charge >= 0.3 is 0 Å². The molecule has 0 bridgehead atoms. The topological polar surface area (TPSA) is 20.2 Å². The van der Waals surface area contributed by atoms with Gasteiger partial charge in [0.05, 0.1) is 0 Å². The smallest absolute Gasteiger partial charge is 0.129 e. The third-order valence-electron chi connectivity index (χ3n) is 2.45. The summed E-state index contributed by atoms with van der Waals surface area (Å²) in [5, 5.41) is 10.5. The van der Waals surface area contributed by atoms with Gasteiger partial charge in [-0.05, 0) is 24.3 Å². The fraction of sp³-hybridized carbons (Fsp3) is 0.0769. The van der Waals surface area contributed by atoms with Crippen LogP contribution < -0.4 is 0 Å². The van der Waals surface area contributed by atoms with Gasteiger partial charge in [-0.3, -0.25) is 0 Å². The van der Waals surface area contributed by atoms with Gasteiger partial charge in [-0.1, -0.05) is 45.7 Å². The molecule has 0 saturated carbocycles. The summed E-state index contributed by atoms with van der Waals surface area (Å²) in [4.78, 5) is 0. The van der Waals surface area contributed by atoms with Crippen molar-refractivity contribution in [3.63, 3.8) is 0 Å². The molecule has 2 aromatic carbocycles. The Hall–Kier alpha value is -0.900. The molecule has 4 heteroatoms. The van der Waals surface area contributed by atoms with E-state index in [1.165, 1.54) is 6.07 Å². The number of benzene rings is 2. The largest absolute Gasteiger partial charge is 0.383 e. The summed E-state index contributed by atoms with van der Waals surface area (Å²) in [6.07, 6.45) is -1.07. The van der Waals surface area contributed by atoms with Gasteiger partial charge in [-0.2, -0.15) is 0 Å². The zero-order chi connectivity index (χ0) is 12.4. The summed E-state index contributed by atoms with van der Waals surface area (Å²) in [7, 11) is 0. The molecule has 1 unspecified atom stereocenters. The summed E-state index contributed by atoms with van der Waals surface area (Å²) in [5.41, 5.74) is 0.693. The van der Waals surface area contributed by atoms with Crippen molar-refractivity contribution in [2.45, 2.75) is 6.10 Å². The summed E-state index contributed by atoms with van der Waals surface area (Å²) in [5.74, 6) is -0.458. The van der Waals surface area contributed by atoms with Gasteiger partial charge in [0.25, 0.3) is 0 Å². The zero-order valence-corrected chi connectivity index (χ0v) is 11.0. The van der Waals surface area contributed by atoms with Crippen LogP contribution in [0.15, 0.2) is 46.9 Å². The van der Waals surface area contributed by atoms with Crippen LogP contribution in [0.5, 0.6) is 0 Å². The number of rotatable bonds is 2. The summed E-state index contributed by atoms with van der Waals surface area (Å²) < 4.78 is 14.3. The Bertz CT molecular complexity index is 545. The van der Waals surface area contributed by atoms with E-state index in [1.54, 1.807) is 36.4 Å². The Kier molecular flexibility index (Phi) is 3.82. The quantitative estimate of drug-likeness (QED) is 0.875. The molecule has 0 spiro atoms. The van der Waals surface area contributed by atoms with Gasteiger partial charge in [-0.15, -0.1) is 0 Å². The zero-order valence-electron chi connectivity index (χ0n) is 8.70. The average molecular weight is 316 g/mol. The first kappa shape index (κ1) is 12.6. The standard InChI is InChI=1S/C13H9BrClFO/c14-8-5-6-12(16)10(7-8)13(17)9-3-1-2-4-11(9)15/h1-7,13,17H. The molecule has 0 aliphatic rings. The fourth-order valence-electron chi connectivity index (χ4n) is 1.59. The van der Waals surface area contributed by atoms with E-state index in [0.29, 0.717) is 15.1 Å². The molecule has 2 aromatic rings. The van der Waals surface area contributed by atoms with Crippen molar-refractivity contribution in [1.82, 2.24) is 0 Å². The number of aliphatic hydroxyl groups is 1. The van der Waals surface area contributed by atoms with Crippen molar-refractivity contribution < 1.29 is 9.50 Å².